The van der Waals surface area contributed by atoms with Crippen LogP contribution in [0.3, 0.4) is 0 Å². The average molecular weight is 251 g/mol. The summed E-state index contributed by atoms with van der Waals surface area (Å²) in [4.78, 5) is 4.82. The quantitative estimate of drug-likeness (QED) is 0.491. The third-order valence-electron chi connectivity index (χ3n) is 4.13. The highest BCUT2D eigenvalue weighted by Crippen LogP contribution is 2.21. The third-order valence-corrected chi connectivity index (χ3v) is 4.13. The van der Waals surface area contributed by atoms with Gasteiger partial charge in [0.2, 0.25) is 0 Å². The fourth-order valence-electron chi connectivity index (χ4n) is 2.94. The van der Waals surface area contributed by atoms with Crippen molar-refractivity contribution >= 4 is 0 Å². The Balaban J connectivity index is 2.10. The smallest absolute Gasteiger partial charge is 0.0866 e. The molecule has 0 aromatic rings. The van der Waals surface area contributed by atoms with Crippen LogP contribution in [0.25, 0.3) is 0 Å². The molecule has 1 rings (SSSR count). The molecular formula is C15H29N3. The van der Waals surface area contributed by atoms with Crippen molar-refractivity contribution in [1.82, 2.24) is 9.80 Å². The van der Waals surface area contributed by atoms with Crippen LogP contribution in [0.15, 0.2) is 0 Å². The molecule has 0 radical (unpaired) electrons. The van der Waals surface area contributed by atoms with Crippen molar-refractivity contribution in [2.75, 3.05) is 39.3 Å². The number of nitriles is 1. The lowest BCUT2D eigenvalue weighted by Gasteiger charge is -2.31. The van der Waals surface area contributed by atoms with Crippen molar-refractivity contribution in [2.45, 2.75) is 46.0 Å². The van der Waals surface area contributed by atoms with Gasteiger partial charge in [-0.15, -0.1) is 0 Å². The van der Waals surface area contributed by atoms with E-state index in [1.54, 1.807) is 0 Å². The van der Waals surface area contributed by atoms with E-state index in [4.69, 9.17) is 5.26 Å². The lowest BCUT2D eigenvalue weighted by molar-refractivity contribution is 0.181. The molecule has 1 aliphatic rings. The van der Waals surface area contributed by atoms with Gasteiger partial charge in [-0.3, -0.25) is 4.90 Å². The first-order valence-electron chi connectivity index (χ1n) is 7.61. The van der Waals surface area contributed by atoms with E-state index in [-0.39, 0.29) is 0 Å². The van der Waals surface area contributed by atoms with Gasteiger partial charge >= 0.3 is 0 Å². The monoisotopic (exact) mass is 251 g/mol. The Bertz CT molecular complexity index is 243. The van der Waals surface area contributed by atoms with Crippen LogP contribution in [0.1, 0.15) is 46.0 Å². The van der Waals surface area contributed by atoms with E-state index in [1.165, 1.54) is 51.7 Å². The molecule has 1 heterocycles. The lowest BCUT2D eigenvalue weighted by Crippen LogP contribution is -2.35. The Morgan fingerprint density at radius 3 is 2.72 bits per heavy atom. The SMILES string of the molecule is CCN(CC)CCCCC1CCCN(CC#N)C1. The summed E-state index contributed by atoms with van der Waals surface area (Å²) in [5.74, 6) is 0.837. The summed E-state index contributed by atoms with van der Waals surface area (Å²) >= 11 is 0. The molecule has 0 amide bonds. The van der Waals surface area contributed by atoms with Crippen molar-refractivity contribution in [3.05, 3.63) is 0 Å². The van der Waals surface area contributed by atoms with Gasteiger partial charge in [-0.05, 0) is 57.8 Å². The van der Waals surface area contributed by atoms with E-state index < -0.39 is 0 Å². The normalized spacial score (nSPS) is 21.1. The van der Waals surface area contributed by atoms with Gasteiger partial charge in [-0.25, -0.2) is 0 Å². The molecule has 0 N–H and O–H groups in total. The van der Waals surface area contributed by atoms with Gasteiger partial charge in [0, 0.05) is 6.54 Å². The van der Waals surface area contributed by atoms with Crippen molar-refractivity contribution in [3.63, 3.8) is 0 Å². The number of hydrogen-bond donors (Lipinski definition) is 0. The molecule has 1 aliphatic heterocycles. The highest BCUT2D eigenvalue weighted by atomic mass is 15.1. The molecule has 1 saturated heterocycles. The van der Waals surface area contributed by atoms with Gasteiger partial charge in [0.05, 0.1) is 12.6 Å². The van der Waals surface area contributed by atoms with Crippen LogP contribution < -0.4 is 0 Å². The van der Waals surface area contributed by atoms with Crippen LogP contribution in [-0.2, 0) is 0 Å². The highest BCUT2D eigenvalue weighted by Gasteiger charge is 2.18. The Hall–Kier alpha value is -0.590. The van der Waals surface area contributed by atoms with E-state index in [9.17, 15) is 0 Å². The molecule has 1 unspecified atom stereocenters. The molecule has 0 spiro atoms. The fraction of sp³-hybridized carbons (Fsp3) is 0.933. The second kappa shape index (κ2) is 9.35. The number of hydrogen-bond acceptors (Lipinski definition) is 3. The minimum atomic E-state index is 0.621. The predicted molar refractivity (Wildman–Crippen MR) is 76.4 cm³/mol. The summed E-state index contributed by atoms with van der Waals surface area (Å²) in [7, 11) is 0. The maximum Gasteiger partial charge on any atom is 0.0866 e. The summed E-state index contributed by atoms with van der Waals surface area (Å²) in [6.45, 7) is 11.0. The number of nitrogens with zero attached hydrogens (tertiary/aromatic N) is 3. The predicted octanol–water partition coefficient (Wildman–Crippen LogP) is 2.73. The molecule has 104 valence electrons. The number of rotatable bonds is 8. The van der Waals surface area contributed by atoms with Gasteiger partial charge in [-0.1, -0.05) is 20.3 Å². The second-order valence-electron chi connectivity index (χ2n) is 5.42. The highest BCUT2D eigenvalue weighted by molar-refractivity contribution is 4.81. The minimum Gasteiger partial charge on any atom is -0.304 e. The first kappa shape index (κ1) is 15.5. The van der Waals surface area contributed by atoms with E-state index in [0.29, 0.717) is 6.54 Å². The summed E-state index contributed by atoms with van der Waals surface area (Å²) < 4.78 is 0. The molecule has 0 bridgehead atoms. The Morgan fingerprint density at radius 2 is 2.06 bits per heavy atom. The van der Waals surface area contributed by atoms with E-state index >= 15 is 0 Å². The van der Waals surface area contributed by atoms with Crippen molar-refractivity contribution in [1.29, 1.82) is 5.26 Å². The topological polar surface area (TPSA) is 30.3 Å². The Morgan fingerprint density at radius 1 is 1.28 bits per heavy atom. The molecule has 0 aromatic carbocycles. The van der Waals surface area contributed by atoms with Gasteiger partial charge < -0.3 is 4.90 Å². The van der Waals surface area contributed by atoms with Crippen LogP contribution in [0.2, 0.25) is 0 Å². The molecule has 1 atom stereocenters. The van der Waals surface area contributed by atoms with Crippen LogP contribution in [-0.4, -0.2) is 49.1 Å². The third kappa shape index (κ3) is 5.84. The standard InChI is InChI=1S/C15H29N3/c1-3-17(4-2)11-6-5-8-15-9-7-12-18(14-15)13-10-16/h15H,3-9,11-14H2,1-2H3. The maximum atomic E-state index is 8.74. The van der Waals surface area contributed by atoms with Crippen LogP contribution in [0, 0.1) is 17.2 Å². The van der Waals surface area contributed by atoms with E-state index in [0.717, 1.165) is 19.0 Å². The van der Waals surface area contributed by atoms with Crippen molar-refractivity contribution in [2.24, 2.45) is 5.92 Å². The van der Waals surface area contributed by atoms with Crippen molar-refractivity contribution < 1.29 is 0 Å². The minimum absolute atomic E-state index is 0.621. The van der Waals surface area contributed by atoms with Gasteiger partial charge in [0.1, 0.15) is 0 Å². The zero-order valence-electron chi connectivity index (χ0n) is 12.2. The summed E-state index contributed by atoms with van der Waals surface area (Å²) in [5.41, 5.74) is 0. The zero-order chi connectivity index (χ0) is 13.2. The molecule has 1 fully saturated rings. The average Bonchev–Trinajstić information content (AvgIpc) is 2.40. The van der Waals surface area contributed by atoms with Gasteiger partial charge in [0.25, 0.3) is 0 Å². The summed E-state index contributed by atoms with van der Waals surface area (Å²) in [6.07, 6.45) is 6.68. The zero-order valence-corrected chi connectivity index (χ0v) is 12.2. The molecule has 0 saturated carbocycles. The molecule has 18 heavy (non-hydrogen) atoms. The first-order valence-corrected chi connectivity index (χ1v) is 7.61. The van der Waals surface area contributed by atoms with Crippen LogP contribution in [0.4, 0.5) is 0 Å². The summed E-state index contributed by atoms with van der Waals surface area (Å²) in [5, 5.41) is 8.74. The summed E-state index contributed by atoms with van der Waals surface area (Å²) in [6, 6.07) is 2.27. The first-order chi connectivity index (χ1) is 8.80. The van der Waals surface area contributed by atoms with Gasteiger partial charge in [-0.2, -0.15) is 5.26 Å². The Kier molecular flexibility index (Phi) is 8.04. The van der Waals surface area contributed by atoms with Crippen molar-refractivity contribution in [3.8, 4) is 6.07 Å². The molecule has 3 heteroatoms. The molecular weight excluding hydrogens is 222 g/mol. The maximum absolute atomic E-state index is 8.74. The van der Waals surface area contributed by atoms with Crippen LogP contribution >= 0.6 is 0 Å². The number of likely N-dealkylation sites (tertiary alicyclic amines) is 1. The molecule has 3 nitrogen and oxygen atoms in total. The molecule has 0 aliphatic carbocycles. The van der Waals surface area contributed by atoms with E-state index in [1.807, 2.05) is 0 Å². The number of piperidine rings is 1. The van der Waals surface area contributed by atoms with Gasteiger partial charge in [0.15, 0.2) is 0 Å². The fourth-order valence-corrected chi connectivity index (χ4v) is 2.94. The Labute approximate surface area is 113 Å². The van der Waals surface area contributed by atoms with E-state index in [2.05, 4.69) is 29.7 Å². The second-order valence-corrected chi connectivity index (χ2v) is 5.42. The lowest BCUT2D eigenvalue weighted by atomic mass is 9.93. The van der Waals surface area contributed by atoms with Crippen LogP contribution in [0.5, 0.6) is 0 Å². The largest absolute Gasteiger partial charge is 0.304 e. The number of unbranched alkanes of at least 4 members (excludes halogenated alkanes) is 1. The molecule has 0 aromatic heterocycles.